The van der Waals surface area contributed by atoms with E-state index in [1.54, 1.807) is 19.2 Å². The predicted octanol–water partition coefficient (Wildman–Crippen LogP) is 1.72. The number of methoxy groups -OCH3 is 1. The van der Waals surface area contributed by atoms with Gasteiger partial charge in [0.25, 0.3) is 5.91 Å². The Labute approximate surface area is 188 Å². The van der Waals surface area contributed by atoms with Gasteiger partial charge in [0.05, 0.1) is 24.1 Å². The number of nitrogens with zero attached hydrogens (tertiary/aromatic N) is 1. The van der Waals surface area contributed by atoms with Gasteiger partial charge in [-0.05, 0) is 31.0 Å². The van der Waals surface area contributed by atoms with Gasteiger partial charge >= 0.3 is 6.18 Å². The molecule has 0 unspecified atom stereocenters. The average Bonchev–Trinajstić information content (AvgIpc) is 2.75. The zero-order valence-corrected chi connectivity index (χ0v) is 18.2. The summed E-state index contributed by atoms with van der Waals surface area (Å²) < 4.78 is 53.4. The van der Waals surface area contributed by atoms with Crippen molar-refractivity contribution in [3.8, 4) is 5.75 Å². The monoisotopic (exact) mass is 473 g/mol. The van der Waals surface area contributed by atoms with Gasteiger partial charge in [-0.3, -0.25) is 14.4 Å². The van der Waals surface area contributed by atoms with E-state index in [0.717, 1.165) is 0 Å². The molecule has 3 atom stereocenters. The van der Waals surface area contributed by atoms with E-state index in [9.17, 15) is 27.6 Å². The van der Waals surface area contributed by atoms with Crippen molar-refractivity contribution >= 4 is 23.4 Å². The van der Waals surface area contributed by atoms with E-state index >= 15 is 0 Å². The first-order valence-corrected chi connectivity index (χ1v) is 10.4. The molecule has 0 aromatic heterocycles. The number of amides is 3. The molecule has 1 aromatic rings. The zero-order valence-electron chi connectivity index (χ0n) is 18.2. The molecule has 2 heterocycles. The average molecular weight is 473 g/mol. The van der Waals surface area contributed by atoms with E-state index in [1.165, 1.54) is 18.1 Å². The van der Waals surface area contributed by atoms with Crippen LogP contribution < -0.4 is 15.4 Å². The van der Waals surface area contributed by atoms with E-state index < -0.39 is 30.8 Å². The van der Waals surface area contributed by atoms with Crippen LogP contribution in [0.2, 0.25) is 0 Å². The fourth-order valence-electron chi connectivity index (χ4n) is 3.91. The molecule has 2 N–H and O–H groups in total. The van der Waals surface area contributed by atoms with Gasteiger partial charge in [-0.25, -0.2) is 0 Å². The Kier molecular flexibility index (Phi) is 7.80. The molecule has 0 saturated carbocycles. The van der Waals surface area contributed by atoms with E-state index in [1.807, 2.05) is 5.32 Å². The molecular weight excluding hydrogens is 447 g/mol. The Morgan fingerprint density at radius 1 is 1.24 bits per heavy atom. The minimum Gasteiger partial charge on any atom is -0.490 e. The lowest BCUT2D eigenvalue weighted by Crippen LogP contribution is -2.54. The van der Waals surface area contributed by atoms with Crippen molar-refractivity contribution in [1.29, 1.82) is 0 Å². The van der Waals surface area contributed by atoms with Crippen LogP contribution in [0.15, 0.2) is 18.2 Å². The molecule has 0 bridgehead atoms. The minimum absolute atomic E-state index is 0.0886. The van der Waals surface area contributed by atoms with Gasteiger partial charge < -0.3 is 29.7 Å². The van der Waals surface area contributed by atoms with Gasteiger partial charge in [-0.1, -0.05) is 0 Å². The highest BCUT2D eigenvalue weighted by molar-refractivity contribution is 6.00. The van der Waals surface area contributed by atoms with Gasteiger partial charge in [-0.2, -0.15) is 13.2 Å². The number of alkyl halides is 3. The molecule has 1 aromatic carbocycles. The summed E-state index contributed by atoms with van der Waals surface area (Å²) in [6, 6.07) is 4.34. The number of hydrogen-bond acceptors (Lipinski definition) is 6. The van der Waals surface area contributed by atoms with Crippen molar-refractivity contribution in [3.05, 3.63) is 23.8 Å². The molecule has 1 saturated heterocycles. The molecule has 3 amide bonds. The van der Waals surface area contributed by atoms with Crippen LogP contribution in [-0.2, 0) is 19.1 Å². The third-order valence-corrected chi connectivity index (χ3v) is 5.47. The van der Waals surface area contributed by atoms with Crippen LogP contribution in [-0.4, -0.2) is 81.0 Å². The lowest BCUT2D eigenvalue weighted by atomic mass is 9.94. The number of nitrogens with one attached hydrogen (secondary N) is 2. The number of rotatable bonds is 6. The standard InChI is InChI=1S/C21H26F3N3O6/c1-27-15-5-4-13(8-18(28)25-11-21(22,23)24)33-17(15)9-32-16-6-3-12(7-14(16)20(27)30)26-19(29)10-31-2/h3,6-7,13,15,17H,4-5,8-11H2,1-2H3,(H,25,28)(H,26,29)/t13-,15+,17-/m1/s1. The Morgan fingerprint density at radius 3 is 2.70 bits per heavy atom. The number of fused-ring (bicyclic) bond motifs is 2. The Morgan fingerprint density at radius 2 is 2.00 bits per heavy atom. The molecule has 182 valence electrons. The van der Waals surface area contributed by atoms with E-state index in [-0.39, 0.29) is 43.1 Å². The summed E-state index contributed by atoms with van der Waals surface area (Å²) in [5, 5.41) is 4.48. The maximum absolute atomic E-state index is 13.1. The van der Waals surface area contributed by atoms with Gasteiger partial charge in [-0.15, -0.1) is 0 Å². The number of hydrogen-bond donors (Lipinski definition) is 2. The second kappa shape index (κ2) is 10.4. The normalized spacial score (nSPS) is 22.9. The largest absolute Gasteiger partial charge is 0.490 e. The number of likely N-dealkylation sites (N-methyl/N-ethyl adjacent to an activating group) is 1. The van der Waals surface area contributed by atoms with E-state index in [0.29, 0.717) is 24.3 Å². The molecule has 0 radical (unpaired) electrons. The molecule has 3 rings (SSSR count). The molecule has 0 spiro atoms. The lowest BCUT2D eigenvalue weighted by molar-refractivity contribution is -0.144. The molecule has 9 nitrogen and oxygen atoms in total. The van der Waals surface area contributed by atoms with Gasteiger partial charge in [0.1, 0.15) is 31.6 Å². The number of anilines is 1. The van der Waals surface area contributed by atoms with Crippen LogP contribution in [0, 0.1) is 0 Å². The number of ether oxygens (including phenoxy) is 3. The van der Waals surface area contributed by atoms with Crippen molar-refractivity contribution in [2.45, 2.75) is 43.7 Å². The fourth-order valence-corrected chi connectivity index (χ4v) is 3.91. The van der Waals surface area contributed by atoms with Crippen molar-refractivity contribution in [2.24, 2.45) is 0 Å². The summed E-state index contributed by atoms with van der Waals surface area (Å²) in [6.45, 7) is -1.43. The summed E-state index contributed by atoms with van der Waals surface area (Å²) in [5.41, 5.74) is 0.697. The summed E-state index contributed by atoms with van der Waals surface area (Å²) in [6.07, 6.45) is -4.93. The maximum Gasteiger partial charge on any atom is 0.405 e. The molecule has 2 aliphatic heterocycles. The van der Waals surface area contributed by atoms with Crippen molar-refractivity contribution in [2.75, 3.05) is 39.2 Å². The summed E-state index contributed by atoms with van der Waals surface area (Å²) >= 11 is 0. The zero-order chi connectivity index (χ0) is 24.2. The van der Waals surface area contributed by atoms with Gasteiger partial charge in [0.15, 0.2) is 0 Å². The van der Waals surface area contributed by atoms with Crippen LogP contribution in [0.1, 0.15) is 29.6 Å². The Balaban J connectivity index is 1.67. The maximum atomic E-state index is 13.1. The molecule has 33 heavy (non-hydrogen) atoms. The molecule has 1 fully saturated rings. The highest BCUT2D eigenvalue weighted by atomic mass is 19.4. The van der Waals surface area contributed by atoms with Crippen molar-refractivity contribution < 1.29 is 41.8 Å². The SMILES string of the molecule is COCC(=O)Nc1ccc2c(c1)C(=O)N(C)[C@H]1CC[C@H](CC(=O)NCC(F)(F)F)O[C@@H]1CO2. The number of benzene rings is 1. The molecule has 0 aliphatic carbocycles. The Bertz CT molecular complexity index is 894. The quantitative estimate of drug-likeness (QED) is 0.652. The number of carbonyl (C=O) groups is 3. The fraction of sp³-hybridized carbons (Fsp3) is 0.571. The van der Waals surface area contributed by atoms with Crippen LogP contribution in [0.4, 0.5) is 18.9 Å². The minimum atomic E-state index is -4.48. The van der Waals surface area contributed by atoms with Crippen LogP contribution in [0.3, 0.4) is 0 Å². The first-order chi connectivity index (χ1) is 15.6. The highest BCUT2D eigenvalue weighted by Crippen LogP contribution is 2.32. The summed E-state index contributed by atoms with van der Waals surface area (Å²) in [7, 11) is 3.03. The first kappa shape index (κ1) is 24.8. The highest BCUT2D eigenvalue weighted by Gasteiger charge is 2.39. The topological polar surface area (TPSA) is 106 Å². The number of carbonyl (C=O) groups excluding carboxylic acids is 3. The lowest BCUT2D eigenvalue weighted by Gasteiger charge is -2.42. The van der Waals surface area contributed by atoms with Crippen LogP contribution >= 0.6 is 0 Å². The van der Waals surface area contributed by atoms with Crippen LogP contribution in [0.25, 0.3) is 0 Å². The summed E-state index contributed by atoms with van der Waals surface area (Å²) in [5.74, 6) is -1.13. The third kappa shape index (κ3) is 6.57. The van der Waals surface area contributed by atoms with Gasteiger partial charge in [0, 0.05) is 19.8 Å². The van der Waals surface area contributed by atoms with Crippen LogP contribution in [0.5, 0.6) is 5.75 Å². The second-order valence-electron chi connectivity index (χ2n) is 7.96. The molecule has 12 heteroatoms. The van der Waals surface area contributed by atoms with E-state index in [4.69, 9.17) is 14.2 Å². The number of halogens is 3. The summed E-state index contributed by atoms with van der Waals surface area (Å²) in [4.78, 5) is 38.3. The van der Waals surface area contributed by atoms with E-state index in [2.05, 4.69) is 5.32 Å². The second-order valence-corrected chi connectivity index (χ2v) is 7.96. The Hall–Kier alpha value is -2.86. The van der Waals surface area contributed by atoms with Crippen molar-refractivity contribution in [1.82, 2.24) is 10.2 Å². The van der Waals surface area contributed by atoms with Gasteiger partial charge in [0.2, 0.25) is 11.8 Å². The van der Waals surface area contributed by atoms with Crippen molar-refractivity contribution in [3.63, 3.8) is 0 Å². The third-order valence-electron chi connectivity index (χ3n) is 5.47. The molecular formula is C21H26F3N3O6. The molecule has 2 aliphatic rings. The first-order valence-electron chi connectivity index (χ1n) is 10.4. The smallest absolute Gasteiger partial charge is 0.405 e. The predicted molar refractivity (Wildman–Crippen MR) is 110 cm³/mol.